The second kappa shape index (κ2) is 7.55. The zero-order valence-electron chi connectivity index (χ0n) is 17.3. The molecule has 2 aliphatic heterocycles. The SMILES string of the molecule is Cc1c(F)cccc1C(c1cccc(F)c1)[C@H]1[C@H]2CCCN2C(=O)c2c(O)c(=O)cnn21. The molecule has 3 heterocycles. The van der Waals surface area contributed by atoms with E-state index in [2.05, 4.69) is 5.10 Å². The molecule has 1 N–H and O–H groups in total. The normalized spacial score (nSPS) is 20.7. The first-order valence-corrected chi connectivity index (χ1v) is 10.5. The third-order valence-corrected chi connectivity index (χ3v) is 6.62. The fourth-order valence-corrected chi connectivity index (χ4v) is 5.17. The van der Waals surface area contributed by atoms with Crippen LogP contribution < -0.4 is 5.43 Å². The molecule has 2 aliphatic rings. The van der Waals surface area contributed by atoms with Crippen molar-refractivity contribution in [3.05, 3.63) is 92.9 Å². The molecule has 0 bridgehead atoms. The minimum atomic E-state index is -0.745. The molecule has 1 amide bonds. The highest BCUT2D eigenvalue weighted by atomic mass is 19.1. The number of aromatic nitrogens is 2. The summed E-state index contributed by atoms with van der Waals surface area (Å²) in [6, 6.07) is 9.95. The molecular formula is C24H21F2N3O3. The van der Waals surface area contributed by atoms with Crippen LogP contribution in [0.2, 0.25) is 0 Å². The van der Waals surface area contributed by atoms with E-state index in [4.69, 9.17) is 0 Å². The zero-order valence-corrected chi connectivity index (χ0v) is 17.3. The number of nitrogens with zero attached hydrogens (tertiary/aromatic N) is 3. The monoisotopic (exact) mass is 437 g/mol. The summed E-state index contributed by atoms with van der Waals surface area (Å²) in [7, 11) is 0. The number of fused-ring (bicyclic) bond motifs is 2. The third kappa shape index (κ3) is 3.01. The van der Waals surface area contributed by atoms with Gasteiger partial charge in [0.1, 0.15) is 11.6 Å². The number of halogens is 2. The Labute approximate surface area is 182 Å². The van der Waals surface area contributed by atoms with Crippen molar-refractivity contribution in [1.29, 1.82) is 0 Å². The molecule has 3 aromatic rings. The summed E-state index contributed by atoms with van der Waals surface area (Å²) in [6.07, 6.45) is 2.39. The van der Waals surface area contributed by atoms with Gasteiger partial charge in [0.05, 0.1) is 18.3 Å². The number of benzene rings is 2. The van der Waals surface area contributed by atoms with Crippen molar-refractivity contribution in [1.82, 2.24) is 14.7 Å². The Morgan fingerprint density at radius 3 is 2.72 bits per heavy atom. The van der Waals surface area contributed by atoms with Gasteiger partial charge in [0.25, 0.3) is 5.91 Å². The molecule has 0 spiro atoms. The zero-order chi connectivity index (χ0) is 22.6. The molecule has 164 valence electrons. The largest absolute Gasteiger partial charge is 0.502 e. The maximum absolute atomic E-state index is 14.6. The van der Waals surface area contributed by atoms with Crippen LogP contribution in [0.5, 0.6) is 5.75 Å². The molecule has 0 saturated carbocycles. The Kier molecular flexibility index (Phi) is 4.80. The molecule has 8 heteroatoms. The minimum Gasteiger partial charge on any atom is -0.502 e. The Bertz CT molecular complexity index is 1290. The Hall–Kier alpha value is -3.55. The lowest BCUT2D eigenvalue weighted by Gasteiger charge is -2.43. The first-order chi connectivity index (χ1) is 15.4. The van der Waals surface area contributed by atoms with Crippen LogP contribution in [-0.4, -0.2) is 38.3 Å². The second-order valence-corrected chi connectivity index (χ2v) is 8.34. The second-order valence-electron chi connectivity index (χ2n) is 8.34. The lowest BCUT2D eigenvalue weighted by atomic mass is 9.78. The molecule has 1 fully saturated rings. The van der Waals surface area contributed by atoms with Gasteiger partial charge in [-0.2, -0.15) is 5.10 Å². The molecule has 1 unspecified atom stereocenters. The lowest BCUT2D eigenvalue weighted by Crippen LogP contribution is -2.51. The van der Waals surface area contributed by atoms with Crippen LogP contribution in [0.3, 0.4) is 0 Å². The van der Waals surface area contributed by atoms with E-state index >= 15 is 0 Å². The lowest BCUT2D eigenvalue weighted by molar-refractivity contribution is 0.0564. The van der Waals surface area contributed by atoms with Gasteiger partial charge in [-0.05, 0) is 54.7 Å². The van der Waals surface area contributed by atoms with Gasteiger partial charge in [-0.3, -0.25) is 14.3 Å². The molecule has 1 aromatic heterocycles. The van der Waals surface area contributed by atoms with Crippen molar-refractivity contribution < 1.29 is 18.7 Å². The number of hydrogen-bond donors (Lipinski definition) is 1. The summed E-state index contributed by atoms with van der Waals surface area (Å²) in [5.41, 5.74) is 0.708. The topological polar surface area (TPSA) is 75.4 Å². The van der Waals surface area contributed by atoms with Crippen LogP contribution in [0, 0.1) is 18.6 Å². The summed E-state index contributed by atoms with van der Waals surface area (Å²) in [5, 5.41) is 14.7. The molecule has 3 atom stereocenters. The highest BCUT2D eigenvalue weighted by Crippen LogP contribution is 2.46. The summed E-state index contributed by atoms with van der Waals surface area (Å²) in [5.74, 6) is -2.52. The number of rotatable bonds is 3. The van der Waals surface area contributed by atoms with Crippen molar-refractivity contribution in [2.24, 2.45) is 0 Å². The number of carbonyl (C=O) groups excluding carboxylic acids is 1. The van der Waals surface area contributed by atoms with Crippen molar-refractivity contribution >= 4 is 5.91 Å². The highest BCUT2D eigenvalue weighted by molar-refractivity contribution is 5.96. The molecule has 0 radical (unpaired) electrons. The van der Waals surface area contributed by atoms with Crippen molar-refractivity contribution in [2.75, 3.05) is 6.54 Å². The van der Waals surface area contributed by atoms with Crippen LogP contribution in [0.4, 0.5) is 8.78 Å². The molecule has 32 heavy (non-hydrogen) atoms. The van der Waals surface area contributed by atoms with Gasteiger partial charge in [0, 0.05) is 12.5 Å². The standard InChI is InChI=1S/C24H21F2N3O3/c1-13-16(7-3-8-17(13)26)20(14-5-2-6-15(25)11-14)21-18-9-4-10-28(18)24(32)22-23(31)19(30)12-27-29(21)22/h2-3,5-8,11-12,18,20-21,31H,4,9-10H2,1H3/t18-,20?,21-/m1/s1. The van der Waals surface area contributed by atoms with Crippen LogP contribution in [0.15, 0.2) is 53.5 Å². The number of aromatic hydroxyl groups is 1. The van der Waals surface area contributed by atoms with Gasteiger partial charge in [0.2, 0.25) is 5.43 Å². The summed E-state index contributed by atoms with van der Waals surface area (Å²) >= 11 is 0. The van der Waals surface area contributed by atoms with Gasteiger partial charge in [0.15, 0.2) is 11.4 Å². The summed E-state index contributed by atoms with van der Waals surface area (Å²) < 4.78 is 30.3. The van der Waals surface area contributed by atoms with Crippen LogP contribution in [0.25, 0.3) is 0 Å². The third-order valence-electron chi connectivity index (χ3n) is 6.62. The summed E-state index contributed by atoms with van der Waals surface area (Å²) in [4.78, 5) is 26.9. The van der Waals surface area contributed by atoms with Crippen LogP contribution in [-0.2, 0) is 0 Å². The van der Waals surface area contributed by atoms with E-state index < -0.39 is 40.7 Å². The first kappa shape index (κ1) is 20.4. The average molecular weight is 437 g/mol. The predicted octanol–water partition coefficient (Wildman–Crippen LogP) is 3.53. The highest BCUT2D eigenvalue weighted by Gasteiger charge is 2.48. The maximum Gasteiger partial charge on any atom is 0.276 e. The molecular weight excluding hydrogens is 416 g/mol. The molecule has 5 rings (SSSR count). The summed E-state index contributed by atoms with van der Waals surface area (Å²) in [6.45, 7) is 2.13. The molecule has 1 saturated heterocycles. The van der Waals surface area contributed by atoms with Crippen LogP contribution in [0.1, 0.15) is 52.0 Å². The van der Waals surface area contributed by atoms with E-state index in [9.17, 15) is 23.5 Å². The molecule has 2 aromatic carbocycles. The minimum absolute atomic E-state index is 0.184. The smallest absolute Gasteiger partial charge is 0.276 e. The fraction of sp³-hybridized carbons (Fsp3) is 0.292. The quantitative estimate of drug-likeness (QED) is 0.680. The Balaban J connectivity index is 1.82. The number of carbonyl (C=O) groups is 1. The van der Waals surface area contributed by atoms with E-state index in [0.717, 1.165) is 12.6 Å². The van der Waals surface area contributed by atoms with Gasteiger partial charge >= 0.3 is 0 Å². The Morgan fingerprint density at radius 2 is 1.94 bits per heavy atom. The van der Waals surface area contributed by atoms with E-state index in [0.29, 0.717) is 29.7 Å². The fourth-order valence-electron chi connectivity index (χ4n) is 5.17. The van der Waals surface area contributed by atoms with E-state index in [-0.39, 0.29) is 11.7 Å². The van der Waals surface area contributed by atoms with Gasteiger partial charge in [-0.15, -0.1) is 0 Å². The van der Waals surface area contributed by atoms with Crippen molar-refractivity contribution in [3.63, 3.8) is 0 Å². The maximum atomic E-state index is 14.6. The first-order valence-electron chi connectivity index (χ1n) is 10.5. The van der Waals surface area contributed by atoms with Crippen molar-refractivity contribution in [2.45, 2.75) is 37.8 Å². The van der Waals surface area contributed by atoms with E-state index in [1.54, 1.807) is 36.1 Å². The van der Waals surface area contributed by atoms with Gasteiger partial charge in [-0.1, -0.05) is 24.3 Å². The molecule has 6 nitrogen and oxygen atoms in total. The Morgan fingerprint density at radius 1 is 1.16 bits per heavy atom. The van der Waals surface area contributed by atoms with Crippen LogP contribution >= 0.6 is 0 Å². The van der Waals surface area contributed by atoms with Gasteiger partial charge in [-0.25, -0.2) is 8.78 Å². The van der Waals surface area contributed by atoms with E-state index in [1.807, 2.05) is 0 Å². The number of hydrogen-bond acceptors (Lipinski definition) is 4. The van der Waals surface area contributed by atoms with Crippen molar-refractivity contribution in [3.8, 4) is 5.75 Å². The average Bonchev–Trinajstić information content (AvgIpc) is 3.26. The number of amides is 1. The predicted molar refractivity (Wildman–Crippen MR) is 113 cm³/mol. The van der Waals surface area contributed by atoms with Gasteiger partial charge < -0.3 is 10.0 Å². The van der Waals surface area contributed by atoms with E-state index in [1.165, 1.54) is 22.9 Å². The molecule has 0 aliphatic carbocycles.